The van der Waals surface area contributed by atoms with Crippen LogP contribution in [-0.4, -0.2) is 27.7 Å². The predicted molar refractivity (Wildman–Crippen MR) is 60.8 cm³/mol. The van der Waals surface area contributed by atoms with Crippen LogP contribution in [0.5, 0.6) is 0 Å². The molecule has 5 nitrogen and oxygen atoms in total. The maximum atomic E-state index is 12.5. The highest BCUT2D eigenvalue weighted by molar-refractivity contribution is 5.42. The topological polar surface area (TPSA) is 84.1 Å². The number of hydrogen-bond donors (Lipinski definition) is 3. The molecule has 1 aromatic rings. The fourth-order valence-corrected chi connectivity index (χ4v) is 1.30. The summed E-state index contributed by atoms with van der Waals surface area (Å²) in [4.78, 5) is 6.78. The lowest BCUT2D eigenvalue weighted by Crippen LogP contribution is -2.30. The number of aromatic nitrogens is 2. The van der Waals surface area contributed by atoms with Crippen molar-refractivity contribution in [2.24, 2.45) is 5.92 Å². The zero-order valence-electron chi connectivity index (χ0n) is 9.99. The number of nitrogen functional groups attached to an aromatic ring is 1. The minimum Gasteiger partial charge on any atom is -0.394 e. The second-order valence-electron chi connectivity index (χ2n) is 4.17. The van der Waals surface area contributed by atoms with E-state index in [2.05, 4.69) is 15.3 Å². The van der Waals surface area contributed by atoms with Gasteiger partial charge in [-0.25, -0.2) is 4.98 Å². The Kier molecular flexibility index (Phi) is 4.33. The third kappa shape index (κ3) is 3.73. The Hall–Kier alpha value is -1.57. The molecule has 1 heterocycles. The molecule has 0 spiro atoms. The molecule has 4 N–H and O–H groups in total. The monoisotopic (exact) mass is 264 g/mol. The molecule has 0 amide bonds. The lowest BCUT2D eigenvalue weighted by molar-refractivity contribution is -0.141. The van der Waals surface area contributed by atoms with Gasteiger partial charge in [-0.3, -0.25) is 0 Å². The summed E-state index contributed by atoms with van der Waals surface area (Å²) in [7, 11) is 0. The van der Waals surface area contributed by atoms with Crippen molar-refractivity contribution in [1.82, 2.24) is 9.97 Å². The summed E-state index contributed by atoms with van der Waals surface area (Å²) in [6.45, 7) is 3.43. The number of rotatable bonds is 4. The van der Waals surface area contributed by atoms with Crippen molar-refractivity contribution >= 4 is 11.8 Å². The highest BCUT2D eigenvalue weighted by Crippen LogP contribution is 2.29. The molecule has 0 radical (unpaired) electrons. The fraction of sp³-hybridized carbons (Fsp3) is 0.600. The summed E-state index contributed by atoms with van der Waals surface area (Å²) in [5, 5.41) is 11.8. The number of halogens is 3. The lowest BCUT2D eigenvalue weighted by atomic mass is 10.1. The van der Waals surface area contributed by atoms with Gasteiger partial charge in [0.05, 0.1) is 12.6 Å². The summed E-state index contributed by atoms with van der Waals surface area (Å²) in [5.41, 5.74) is 4.11. The molecule has 0 aliphatic carbocycles. The van der Waals surface area contributed by atoms with E-state index in [1.54, 1.807) is 0 Å². The Morgan fingerprint density at radius 1 is 1.39 bits per heavy atom. The maximum absolute atomic E-state index is 12.5. The van der Waals surface area contributed by atoms with E-state index in [1.807, 2.05) is 13.8 Å². The second kappa shape index (κ2) is 5.38. The van der Waals surface area contributed by atoms with Crippen LogP contribution in [0.2, 0.25) is 0 Å². The Labute approximate surface area is 102 Å². The van der Waals surface area contributed by atoms with Crippen molar-refractivity contribution < 1.29 is 18.3 Å². The molecule has 1 aromatic heterocycles. The van der Waals surface area contributed by atoms with E-state index >= 15 is 0 Å². The summed E-state index contributed by atoms with van der Waals surface area (Å²) in [5.74, 6) is -0.490. The van der Waals surface area contributed by atoms with Gasteiger partial charge < -0.3 is 16.2 Å². The summed E-state index contributed by atoms with van der Waals surface area (Å²) < 4.78 is 37.5. The van der Waals surface area contributed by atoms with Gasteiger partial charge in [0, 0.05) is 6.07 Å². The molecule has 1 unspecified atom stereocenters. The first-order chi connectivity index (χ1) is 8.24. The first-order valence-corrected chi connectivity index (χ1v) is 5.33. The lowest BCUT2D eigenvalue weighted by Gasteiger charge is -2.21. The van der Waals surface area contributed by atoms with Gasteiger partial charge in [0.2, 0.25) is 5.95 Å². The van der Waals surface area contributed by atoms with Crippen LogP contribution in [0, 0.1) is 5.92 Å². The third-order valence-electron chi connectivity index (χ3n) is 2.37. The quantitative estimate of drug-likeness (QED) is 0.767. The van der Waals surface area contributed by atoms with Gasteiger partial charge in [0.15, 0.2) is 5.69 Å². The summed E-state index contributed by atoms with van der Waals surface area (Å²) in [6.07, 6.45) is -4.58. The van der Waals surface area contributed by atoms with Crippen LogP contribution in [-0.2, 0) is 6.18 Å². The van der Waals surface area contributed by atoms with E-state index in [0.29, 0.717) is 0 Å². The van der Waals surface area contributed by atoms with Crippen molar-refractivity contribution in [3.05, 3.63) is 11.8 Å². The summed E-state index contributed by atoms with van der Waals surface area (Å²) in [6, 6.07) is 0.363. The smallest absolute Gasteiger partial charge is 0.394 e. The van der Waals surface area contributed by atoms with Crippen LogP contribution in [0.25, 0.3) is 0 Å². The minimum absolute atomic E-state index is 0.0283. The molecule has 0 aliphatic rings. The van der Waals surface area contributed by atoms with Crippen LogP contribution in [0.1, 0.15) is 19.5 Å². The fourth-order valence-electron chi connectivity index (χ4n) is 1.30. The van der Waals surface area contributed by atoms with Gasteiger partial charge in [-0.2, -0.15) is 18.2 Å². The number of aliphatic hydroxyl groups is 1. The van der Waals surface area contributed by atoms with E-state index in [1.165, 1.54) is 0 Å². The van der Waals surface area contributed by atoms with Crippen molar-refractivity contribution in [2.75, 3.05) is 17.7 Å². The molecule has 8 heteroatoms. The van der Waals surface area contributed by atoms with E-state index < -0.39 is 23.9 Å². The van der Waals surface area contributed by atoms with Crippen molar-refractivity contribution in [2.45, 2.75) is 26.1 Å². The van der Waals surface area contributed by atoms with Crippen molar-refractivity contribution in [3.8, 4) is 0 Å². The number of alkyl halides is 3. The standard InChI is InChI=1S/C10H15F3N4O/c1-5(2)6(4-18)15-8-3-7(10(11,12)13)16-9(14)17-8/h3,5-6,18H,4H2,1-2H3,(H3,14,15,16,17). The second-order valence-corrected chi connectivity index (χ2v) is 4.17. The van der Waals surface area contributed by atoms with Gasteiger partial charge in [-0.1, -0.05) is 13.8 Å². The van der Waals surface area contributed by atoms with Crippen LogP contribution in [0.3, 0.4) is 0 Å². The predicted octanol–water partition coefficient (Wildman–Crippen LogP) is 1.51. The normalized spacial score (nSPS) is 13.7. The van der Waals surface area contributed by atoms with Crippen molar-refractivity contribution in [3.63, 3.8) is 0 Å². The van der Waals surface area contributed by atoms with Gasteiger partial charge in [-0.05, 0) is 5.92 Å². The molecular formula is C10H15F3N4O. The van der Waals surface area contributed by atoms with Crippen LogP contribution in [0.4, 0.5) is 24.9 Å². The zero-order chi connectivity index (χ0) is 13.9. The minimum atomic E-state index is -4.58. The molecule has 0 fully saturated rings. The molecule has 0 bridgehead atoms. The maximum Gasteiger partial charge on any atom is 0.433 e. The first kappa shape index (κ1) is 14.5. The highest BCUT2D eigenvalue weighted by atomic mass is 19.4. The molecule has 0 saturated heterocycles. The molecule has 102 valence electrons. The van der Waals surface area contributed by atoms with Crippen LogP contribution < -0.4 is 11.1 Å². The SMILES string of the molecule is CC(C)C(CO)Nc1cc(C(F)(F)F)nc(N)n1. The molecule has 0 aromatic carbocycles. The Balaban J connectivity index is 3.00. The number of anilines is 2. The average Bonchev–Trinajstić information content (AvgIpc) is 2.23. The van der Waals surface area contributed by atoms with E-state index in [9.17, 15) is 13.2 Å². The molecule has 0 aliphatic heterocycles. The number of nitrogens with two attached hydrogens (primary N) is 1. The van der Waals surface area contributed by atoms with Crippen LogP contribution in [0.15, 0.2) is 6.07 Å². The molecule has 18 heavy (non-hydrogen) atoms. The Morgan fingerprint density at radius 2 is 2.00 bits per heavy atom. The van der Waals surface area contributed by atoms with Gasteiger partial charge >= 0.3 is 6.18 Å². The van der Waals surface area contributed by atoms with Crippen LogP contribution >= 0.6 is 0 Å². The number of aliphatic hydroxyl groups excluding tert-OH is 1. The van der Waals surface area contributed by atoms with E-state index in [4.69, 9.17) is 10.8 Å². The van der Waals surface area contributed by atoms with Gasteiger partial charge in [-0.15, -0.1) is 0 Å². The third-order valence-corrected chi connectivity index (χ3v) is 2.37. The Bertz CT molecular complexity index is 409. The largest absolute Gasteiger partial charge is 0.433 e. The zero-order valence-corrected chi connectivity index (χ0v) is 9.99. The number of nitrogens with zero attached hydrogens (tertiary/aromatic N) is 2. The molecule has 0 saturated carbocycles. The number of nitrogens with one attached hydrogen (secondary N) is 1. The molecule has 1 atom stereocenters. The number of hydrogen-bond acceptors (Lipinski definition) is 5. The van der Waals surface area contributed by atoms with E-state index in [-0.39, 0.29) is 18.3 Å². The average molecular weight is 264 g/mol. The Morgan fingerprint density at radius 3 is 2.44 bits per heavy atom. The highest BCUT2D eigenvalue weighted by Gasteiger charge is 2.33. The summed E-state index contributed by atoms with van der Waals surface area (Å²) >= 11 is 0. The van der Waals surface area contributed by atoms with Crippen molar-refractivity contribution in [1.29, 1.82) is 0 Å². The molecule has 1 rings (SSSR count). The van der Waals surface area contributed by atoms with E-state index in [0.717, 1.165) is 6.07 Å². The molecular weight excluding hydrogens is 249 g/mol. The van der Waals surface area contributed by atoms with Gasteiger partial charge in [0.1, 0.15) is 5.82 Å². The van der Waals surface area contributed by atoms with Gasteiger partial charge in [0.25, 0.3) is 0 Å². The first-order valence-electron chi connectivity index (χ1n) is 5.33.